The van der Waals surface area contributed by atoms with Crippen LogP contribution in [0.3, 0.4) is 0 Å². The van der Waals surface area contributed by atoms with Crippen LogP contribution in [-0.2, 0) is 34.4 Å². The number of fused-ring (bicyclic) bond motifs is 2. The number of nitrogens with zero attached hydrogens (tertiary/aromatic N) is 4. The molecule has 2 aromatic carbocycles. The van der Waals surface area contributed by atoms with Crippen LogP contribution < -0.4 is 18.9 Å². The third-order valence-electron chi connectivity index (χ3n) is 6.42. The Labute approximate surface area is 236 Å². The van der Waals surface area contributed by atoms with E-state index in [1.807, 2.05) is 20.8 Å². The number of nitrogens with one attached hydrogen (secondary N) is 1. The highest BCUT2D eigenvalue weighted by molar-refractivity contribution is 7.93. The topological polar surface area (TPSA) is 147 Å². The van der Waals surface area contributed by atoms with E-state index in [2.05, 4.69) is 15.0 Å². The minimum atomic E-state index is -4.20. The summed E-state index contributed by atoms with van der Waals surface area (Å²) in [6.07, 6.45) is 1.36. The number of hydrogen-bond donors (Lipinski definition) is 1. The number of benzene rings is 2. The zero-order valence-corrected chi connectivity index (χ0v) is 24.4. The maximum Gasteiger partial charge on any atom is 0.410 e. The van der Waals surface area contributed by atoms with E-state index in [0.29, 0.717) is 36.4 Å². The second-order valence-corrected chi connectivity index (χ2v) is 12.0. The third kappa shape index (κ3) is 5.46. The van der Waals surface area contributed by atoms with Crippen LogP contribution in [-0.4, -0.2) is 61.3 Å². The van der Waals surface area contributed by atoms with E-state index >= 15 is 0 Å². The first kappa shape index (κ1) is 28.1. The maximum absolute atomic E-state index is 13.4. The first-order valence-corrected chi connectivity index (χ1v) is 14.1. The molecule has 0 radical (unpaired) electrons. The predicted molar refractivity (Wildman–Crippen MR) is 148 cm³/mol. The molecular formula is C27H31N5O8S. The summed E-state index contributed by atoms with van der Waals surface area (Å²) in [7, 11) is 0.00591. The first-order chi connectivity index (χ1) is 19.4. The highest BCUT2D eigenvalue weighted by atomic mass is 32.2. The molecule has 0 unspecified atom stereocenters. The van der Waals surface area contributed by atoms with Crippen LogP contribution in [0.15, 0.2) is 45.9 Å². The van der Waals surface area contributed by atoms with Crippen LogP contribution in [0.25, 0.3) is 11.0 Å². The Balaban J connectivity index is 1.42. The van der Waals surface area contributed by atoms with Crippen molar-refractivity contribution < 1.29 is 36.7 Å². The van der Waals surface area contributed by atoms with Crippen molar-refractivity contribution in [3.8, 4) is 17.2 Å². The molecule has 2 aromatic heterocycles. The second-order valence-electron chi connectivity index (χ2n) is 10.4. The number of amides is 1. The van der Waals surface area contributed by atoms with Crippen LogP contribution in [0.1, 0.15) is 37.6 Å². The normalized spacial score (nSPS) is 13.3. The van der Waals surface area contributed by atoms with E-state index in [0.717, 1.165) is 16.8 Å². The summed E-state index contributed by atoms with van der Waals surface area (Å²) in [6.45, 7) is 6.61. The van der Waals surface area contributed by atoms with Gasteiger partial charge in [0.05, 0.1) is 52.9 Å². The Morgan fingerprint density at radius 2 is 1.73 bits per heavy atom. The molecule has 0 saturated carbocycles. The number of carbonyl (C=O) groups excluding carboxylic acids is 1. The Kier molecular flexibility index (Phi) is 7.19. The minimum absolute atomic E-state index is 0.0515. The van der Waals surface area contributed by atoms with Crippen molar-refractivity contribution in [2.24, 2.45) is 0 Å². The average Bonchev–Trinajstić information content (AvgIpc) is 3.62. The quantitative estimate of drug-likeness (QED) is 0.320. The number of hydrogen-bond acceptors (Lipinski definition) is 10. The van der Waals surface area contributed by atoms with Crippen LogP contribution in [0.5, 0.6) is 17.2 Å². The number of methoxy groups -OCH3 is 3. The molecule has 3 heterocycles. The van der Waals surface area contributed by atoms with Gasteiger partial charge in [0.2, 0.25) is 0 Å². The zero-order valence-electron chi connectivity index (χ0n) is 23.5. The number of ether oxygens (including phenoxy) is 4. The summed E-state index contributed by atoms with van der Waals surface area (Å²) in [5.74, 6) is 0.513. The Morgan fingerprint density at radius 3 is 2.37 bits per heavy atom. The fourth-order valence-electron chi connectivity index (χ4n) is 4.64. The van der Waals surface area contributed by atoms with Gasteiger partial charge >= 0.3 is 6.09 Å². The summed E-state index contributed by atoms with van der Waals surface area (Å²) in [5.41, 5.74) is 2.32. The molecular weight excluding hydrogens is 554 g/mol. The fourth-order valence-corrected chi connectivity index (χ4v) is 5.97. The van der Waals surface area contributed by atoms with Gasteiger partial charge in [-0.25, -0.2) is 13.2 Å². The molecule has 0 spiro atoms. The van der Waals surface area contributed by atoms with Gasteiger partial charge in [0.1, 0.15) is 28.2 Å². The summed E-state index contributed by atoms with van der Waals surface area (Å²) < 4.78 is 58.2. The molecule has 13 nitrogen and oxygen atoms in total. The lowest BCUT2D eigenvalue weighted by Crippen LogP contribution is -2.33. The molecule has 218 valence electrons. The van der Waals surface area contributed by atoms with Crippen molar-refractivity contribution in [2.45, 2.75) is 50.9 Å². The second kappa shape index (κ2) is 10.5. The lowest BCUT2D eigenvalue weighted by molar-refractivity contribution is 0.0238. The number of rotatable bonds is 8. The lowest BCUT2D eigenvalue weighted by atomic mass is 10.1. The van der Waals surface area contributed by atoms with Crippen molar-refractivity contribution in [1.82, 2.24) is 19.8 Å². The van der Waals surface area contributed by atoms with Gasteiger partial charge in [-0.2, -0.15) is 5.10 Å². The molecule has 4 aromatic rings. The summed E-state index contributed by atoms with van der Waals surface area (Å²) in [5, 5.41) is 8.81. The summed E-state index contributed by atoms with van der Waals surface area (Å²) in [6, 6.07) is 8.15. The van der Waals surface area contributed by atoms with Crippen molar-refractivity contribution in [2.75, 3.05) is 26.1 Å². The molecule has 0 saturated heterocycles. The molecule has 41 heavy (non-hydrogen) atoms. The SMILES string of the molecule is COc1cccc(OC)c1S(=O)(=O)Nc1noc2cc(Cn3ncc4c3CN(C(=O)OC(C)(C)C)C4)cc(OC)c12. The third-order valence-corrected chi connectivity index (χ3v) is 7.82. The number of aromatic nitrogens is 3. The molecule has 5 rings (SSSR count). The van der Waals surface area contributed by atoms with E-state index in [1.165, 1.54) is 33.5 Å². The molecule has 1 amide bonds. The minimum Gasteiger partial charge on any atom is -0.496 e. The Hall–Kier alpha value is -4.46. The summed E-state index contributed by atoms with van der Waals surface area (Å²) in [4.78, 5) is 14.0. The van der Waals surface area contributed by atoms with E-state index in [9.17, 15) is 13.2 Å². The highest BCUT2D eigenvalue weighted by Gasteiger charge is 2.31. The summed E-state index contributed by atoms with van der Waals surface area (Å²) >= 11 is 0. The van der Waals surface area contributed by atoms with Gasteiger partial charge in [-0.05, 0) is 50.6 Å². The number of carbonyl (C=O) groups is 1. The molecule has 1 aliphatic rings. The van der Waals surface area contributed by atoms with Crippen molar-refractivity contribution in [3.63, 3.8) is 0 Å². The van der Waals surface area contributed by atoms with Gasteiger partial charge in [0.15, 0.2) is 16.3 Å². The first-order valence-electron chi connectivity index (χ1n) is 12.7. The highest BCUT2D eigenvalue weighted by Crippen LogP contribution is 2.38. The van der Waals surface area contributed by atoms with Gasteiger partial charge in [-0.1, -0.05) is 11.2 Å². The van der Waals surface area contributed by atoms with Crippen molar-refractivity contribution >= 4 is 32.9 Å². The van der Waals surface area contributed by atoms with E-state index in [1.54, 1.807) is 34.0 Å². The van der Waals surface area contributed by atoms with Gasteiger partial charge < -0.3 is 23.5 Å². The number of anilines is 1. The molecule has 0 atom stereocenters. The van der Waals surface area contributed by atoms with Crippen molar-refractivity contribution in [3.05, 3.63) is 53.3 Å². The van der Waals surface area contributed by atoms with Crippen molar-refractivity contribution in [1.29, 1.82) is 0 Å². The van der Waals surface area contributed by atoms with E-state index in [4.69, 9.17) is 23.5 Å². The monoisotopic (exact) mass is 585 g/mol. The Morgan fingerprint density at radius 1 is 1.05 bits per heavy atom. The van der Waals surface area contributed by atoms with Crippen LogP contribution in [0.2, 0.25) is 0 Å². The van der Waals surface area contributed by atoms with Crippen LogP contribution >= 0.6 is 0 Å². The maximum atomic E-state index is 13.4. The van der Waals surface area contributed by atoms with Gasteiger partial charge in [0, 0.05) is 5.56 Å². The van der Waals surface area contributed by atoms with Gasteiger partial charge in [-0.15, -0.1) is 0 Å². The molecule has 0 fully saturated rings. The Bertz CT molecular complexity index is 1700. The van der Waals surface area contributed by atoms with Gasteiger partial charge in [-0.3, -0.25) is 14.3 Å². The van der Waals surface area contributed by atoms with Crippen LogP contribution in [0, 0.1) is 0 Å². The van der Waals surface area contributed by atoms with E-state index in [-0.39, 0.29) is 28.3 Å². The van der Waals surface area contributed by atoms with E-state index < -0.39 is 15.6 Å². The molecule has 0 bridgehead atoms. The number of sulfonamides is 1. The van der Waals surface area contributed by atoms with Gasteiger partial charge in [0.25, 0.3) is 10.0 Å². The van der Waals surface area contributed by atoms with Crippen LogP contribution in [0.4, 0.5) is 10.6 Å². The zero-order chi connectivity index (χ0) is 29.5. The molecule has 0 aliphatic carbocycles. The average molecular weight is 586 g/mol. The molecule has 1 aliphatic heterocycles. The largest absolute Gasteiger partial charge is 0.496 e. The lowest BCUT2D eigenvalue weighted by Gasteiger charge is -2.24. The predicted octanol–water partition coefficient (Wildman–Crippen LogP) is 4.15. The molecule has 1 N–H and O–H groups in total. The smallest absolute Gasteiger partial charge is 0.410 e. The molecule has 14 heteroatoms. The fraction of sp³-hybridized carbons (Fsp3) is 0.370. The standard InChI is InChI=1S/C27H31N5O8S/c1-27(2,3)39-26(33)31-14-17-12-28-32(18(17)15-31)13-16-10-21(38-6)23-22(11-16)40-29-25(23)30-41(34,35)24-19(36-4)8-7-9-20(24)37-5/h7-12H,13-15H2,1-6H3,(H,29,30).